The zero-order valence-electron chi connectivity index (χ0n) is 9.16. The summed E-state index contributed by atoms with van der Waals surface area (Å²) in [6, 6.07) is 6.02. The normalized spacial score (nSPS) is 12.6. The highest BCUT2D eigenvalue weighted by atomic mass is 35.5. The monoisotopic (exact) mass is 250 g/mol. The standard InChI is InChI=1S/C13H12ClFN2/c1-2-3-11(16)10-6-8-4-5-9(15)7-12(8)17-13(10)14/h2,4-7,11H,1,3,16H2. The lowest BCUT2D eigenvalue weighted by molar-refractivity contribution is 0.629. The summed E-state index contributed by atoms with van der Waals surface area (Å²) in [7, 11) is 0. The fraction of sp³-hybridized carbons (Fsp3) is 0.154. The van der Waals surface area contributed by atoms with Crippen molar-refractivity contribution in [1.29, 1.82) is 0 Å². The molecule has 1 heterocycles. The Balaban J connectivity index is 2.55. The summed E-state index contributed by atoms with van der Waals surface area (Å²) < 4.78 is 13.0. The van der Waals surface area contributed by atoms with E-state index in [1.807, 2.05) is 6.07 Å². The first-order valence-corrected chi connectivity index (χ1v) is 5.62. The Morgan fingerprint density at radius 2 is 2.24 bits per heavy atom. The zero-order chi connectivity index (χ0) is 12.4. The Hall–Kier alpha value is -1.45. The minimum atomic E-state index is -0.329. The summed E-state index contributed by atoms with van der Waals surface area (Å²) in [6.07, 6.45) is 2.35. The van der Waals surface area contributed by atoms with E-state index >= 15 is 0 Å². The molecule has 0 spiro atoms. The van der Waals surface area contributed by atoms with Crippen LogP contribution in [0.25, 0.3) is 10.9 Å². The van der Waals surface area contributed by atoms with Gasteiger partial charge in [-0.2, -0.15) is 0 Å². The van der Waals surface area contributed by atoms with Gasteiger partial charge >= 0.3 is 0 Å². The van der Waals surface area contributed by atoms with Gasteiger partial charge in [0.25, 0.3) is 0 Å². The highest BCUT2D eigenvalue weighted by Crippen LogP contribution is 2.26. The largest absolute Gasteiger partial charge is 0.324 e. The van der Waals surface area contributed by atoms with Gasteiger partial charge < -0.3 is 5.73 Å². The van der Waals surface area contributed by atoms with Gasteiger partial charge in [0.1, 0.15) is 11.0 Å². The number of hydrogen-bond acceptors (Lipinski definition) is 2. The van der Waals surface area contributed by atoms with Gasteiger partial charge in [-0.3, -0.25) is 0 Å². The fourth-order valence-electron chi connectivity index (χ4n) is 1.70. The number of rotatable bonds is 3. The van der Waals surface area contributed by atoms with Crippen LogP contribution in [-0.2, 0) is 0 Å². The first kappa shape index (κ1) is 12.0. The van der Waals surface area contributed by atoms with E-state index in [2.05, 4.69) is 11.6 Å². The number of aromatic nitrogens is 1. The third-order valence-electron chi connectivity index (χ3n) is 2.58. The average molecular weight is 251 g/mol. The van der Waals surface area contributed by atoms with Crippen LogP contribution in [0.3, 0.4) is 0 Å². The summed E-state index contributed by atoms with van der Waals surface area (Å²) in [6.45, 7) is 3.64. The van der Waals surface area contributed by atoms with Crippen molar-refractivity contribution in [3.63, 3.8) is 0 Å². The zero-order valence-corrected chi connectivity index (χ0v) is 9.91. The van der Waals surface area contributed by atoms with Crippen LogP contribution < -0.4 is 5.73 Å². The molecule has 2 nitrogen and oxygen atoms in total. The molecule has 1 aromatic carbocycles. The van der Waals surface area contributed by atoms with Gasteiger partial charge in [0.05, 0.1) is 5.52 Å². The van der Waals surface area contributed by atoms with E-state index in [0.717, 1.165) is 10.9 Å². The topological polar surface area (TPSA) is 38.9 Å². The lowest BCUT2D eigenvalue weighted by Gasteiger charge is -2.12. The lowest BCUT2D eigenvalue weighted by atomic mass is 10.0. The molecule has 4 heteroatoms. The minimum absolute atomic E-state index is 0.234. The van der Waals surface area contributed by atoms with Crippen molar-refractivity contribution in [2.45, 2.75) is 12.5 Å². The van der Waals surface area contributed by atoms with Crippen LogP contribution in [0.15, 0.2) is 36.9 Å². The van der Waals surface area contributed by atoms with Gasteiger partial charge in [-0.25, -0.2) is 9.37 Å². The van der Waals surface area contributed by atoms with Crippen molar-refractivity contribution in [3.05, 3.63) is 53.5 Å². The van der Waals surface area contributed by atoms with Crippen molar-refractivity contribution in [2.24, 2.45) is 5.73 Å². The third kappa shape index (κ3) is 2.46. The Morgan fingerprint density at radius 1 is 1.47 bits per heavy atom. The van der Waals surface area contributed by atoms with E-state index in [0.29, 0.717) is 17.1 Å². The van der Waals surface area contributed by atoms with Crippen LogP contribution in [0.2, 0.25) is 5.15 Å². The van der Waals surface area contributed by atoms with Crippen LogP contribution in [0, 0.1) is 5.82 Å². The van der Waals surface area contributed by atoms with Crippen LogP contribution in [0.5, 0.6) is 0 Å². The second-order valence-electron chi connectivity index (χ2n) is 3.84. The molecule has 0 aliphatic heterocycles. The highest BCUT2D eigenvalue weighted by molar-refractivity contribution is 6.30. The molecule has 0 bridgehead atoms. The highest BCUT2D eigenvalue weighted by Gasteiger charge is 2.11. The average Bonchev–Trinajstić information content (AvgIpc) is 2.28. The van der Waals surface area contributed by atoms with Crippen molar-refractivity contribution >= 4 is 22.5 Å². The van der Waals surface area contributed by atoms with Crippen LogP contribution in [0.1, 0.15) is 18.0 Å². The number of benzene rings is 1. The predicted molar refractivity (Wildman–Crippen MR) is 68.5 cm³/mol. The van der Waals surface area contributed by atoms with Gasteiger partial charge in [-0.1, -0.05) is 17.7 Å². The number of halogens is 2. The number of nitrogens with two attached hydrogens (primary N) is 1. The Morgan fingerprint density at radius 3 is 2.94 bits per heavy atom. The molecular formula is C13H12ClFN2. The van der Waals surface area contributed by atoms with E-state index in [1.54, 1.807) is 12.1 Å². The molecule has 0 saturated carbocycles. The summed E-state index contributed by atoms with van der Waals surface area (Å²) in [4.78, 5) is 4.15. The number of nitrogens with zero attached hydrogens (tertiary/aromatic N) is 1. The maximum Gasteiger partial charge on any atom is 0.134 e. The SMILES string of the molecule is C=CCC(N)c1cc2ccc(F)cc2nc1Cl. The van der Waals surface area contributed by atoms with Crippen molar-refractivity contribution in [1.82, 2.24) is 4.98 Å². The molecule has 1 unspecified atom stereocenters. The molecule has 1 aromatic heterocycles. The summed E-state index contributed by atoms with van der Waals surface area (Å²) in [5.74, 6) is -0.329. The van der Waals surface area contributed by atoms with Gasteiger partial charge in [-0.05, 0) is 24.6 Å². The van der Waals surface area contributed by atoms with Gasteiger partial charge in [-0.15, -0.1) is 6.58 Å². The molecule has 0 aliphatic carbocycles. The van der Waals surface area contributed by atoms with Crippen LogP contribution in [-0.4, -0.2) is 4.98 Å². The molecule has 17 heavy (non-hydrogen) atoms. The molecule has 0 radical (unpaired) electrons. The summed E-state index contributed by atoms with van der Waals surface area (Å²) in [5, 5.41) is 1.14. The number of fused-ring (bicyclic) bond motifs is 1. The smallest absolute Gasteiger partial charge is 0.134 e. The maximum absolute atomic E-state index is 13.0. The Kier molecular flexibility index (Phi) is 3.41. The quantitative estimate of drug-likeness (QED) is 0.668. The van der Waals surface area contributed by atoms with Gasteiger partial charge in [0.2, 0.25) is 0 Å². The Labute approximate surface area is 104 Å². The van der Waals surface area contributed by atoms with Crippen molar-refractivity contribution in [3.8, 4) is 0 Å². The minimum Gasteiger partial charge on any atom is -0.324 e. The molecule has 0 amide bonds. The molecule has 2 aromatic rings. The second-order valence-corrected chi connectivity index (χ2v) is 4.19. The first-order chi connectivity index (χ1) is 8.11. The predicted octanol–water partition coefficient (Wildman–Crippen LogP) is 3.60. The van der Waals surface area contributed by atoms with Crippen LogP contribution >= 0.6 is 11.6 Å². The van der Waals surface area contributed by atoms with E-state index in [4.69, 9.17) is 17.3 Å². The number of pyridine rings is 1. The second kappa shape index (κ2) is 4.82. The lowest BCUT2D eigenvalue weighted by Crippen LogP contribution is -2.10. The molecule has 1 atom stereocenters. The van der Waals surface area contributed by atoms with Gasteiger partial charge in [0, 0.05) is 23.1 Å². The third-order valence-corrected chi connectivity index (χ3v) is 2.88. The molecular weight excluding hydrogens is 239 g/mol. The first-order valence-electron chi connectivity index (χ1n) is 5.24. The molecule has 88 valence electrons. The van der Waals surface area contributed by atoms with Gasteiger partial charge in [0.15, 0.2) is 0 Å². The fourth-order valence-corrected chi connectivity index (χ4v) is 1.99. The van der Waals surface area contributed by atoms with Crippen molar-refractivity contribution < 1.29 is 4.39 Å². The Bertz CT molecular complexity index is 569. The van der Waals surface area contributed by atoms with Crippen molar-refractivity contribution in [2.75, 3.05) is 0 Å². The molecule has 0 aliphatic rings. The van der Waals surface area contributed by atoms with E-state index < -0.39 is 0 Å². The van der Waals surface area contributed by atoms with E-state index in [1.165, 1.54) is 12.1 Å². The molecule has 0 saturated heterocycles. The van der Waals surface area contributed by atoms with E-state index in [-0.39, 0.29) is 11.9 Å². The summed E-state index contributed by atoms with van der Waals surface area (Å²) >= 11 is 6.04. The number of hydrogen-bond donors (Lipinski definition) is 1. The van der Waals surface area contributed by atoms with Crippen LogP contribution in [0.4, 0.5) is 4.39 Å². The molecule has 0 fully saturated rings. The molecule has 2 N–H and O–H groups in total. The van der Waals surface area contributed by atoms with E-state index in [9.17, 15) is 4.39 Å². The maximum atomic E-state index is 13.0. The molecule has 2 rings (SSSR count). The summed E-state index contributed by atoms with van der Waals surface area (Å²) in [5.41, 5.74) is 7.24.